The van der Waals surface area contributed by atoms with Gasteiger partial charge in [0.1, 0.15) is 11.6 Å². The number of halogens is 1. The van der Waals surface area contributed by atoms with E-state index in [4.69, 9.17) is 0 Å². The molecule has 1 heterocycles. The molecule has 0 saturated carbocycles. The van der Waals surface area contributed by atoms with Crippen molar-refractivity contribution < 1.29 is 4.39 Å². The average molecular weight is 274 g/mol. The van der Waals surface area contributed by atoms with Crippen molar-refractivity contribution in [3.63, 3.8) is 0 Å². The van der Waals surface area contributed by atoms with E-state index in [-0.39, 0.29) is 11.9 Å². The fourth-order valence-corrected chi connectivity index (χ4v) is 1.81. The monoisotopic (exact) mass is 274 g/mol. The molecule has 2 rings (SSSR count). The van der Waals surface area contributed by atoms with Crippen molar-refractivity contribution in [3.8, 4) is 0 Å². The Kier molecular flexibility index (Phi) is 4.87. The molecule has 0 bridgehead atoms. The molecule has 5 heteroatoms. The SMILES string of the molecule is CC(C)Nc1nccc(NCCc2ccccc2F)n1. The molecular formula is C15H19FN4. The highest BCUT2D eigenvalue weighted by Crippen LogP contribution is 2.09. The highest BCUT2D eigenvalue weighted by Gasteiger charge is 2.02. The Hall–Kier alpha value is -2.17. The number of hydrogen-bond acceptors (Lipinski definition) is 4. The molecule has 0 atom stereocenters. The third kappa shape index (κ3) is 4.19. The Labute approximate surface area is 118 Å². The van der Waals surface area contributed by atoms with Crippen LogP contribution in [0.15, 0.2) is 36.5 Å². The molecule has 0 fully saturated rings. The van der Waals surface area contributed by atoms with Gasteiger partial charge in [-0.15, -0.1) is 0 Å². The summed E-state index contributed by atoms with van der Waals surface area (Å²) in [5, 5.41) is 6.32. The maximum absolute atomic E-state index is 13.5. The smallest absolute Gasteiger partial charge is 0.224 e. The predicted octanol–water partition coefficient (Wildman–Crippen LogP) is 3.09. The third-order valence-corrected chi connectivity index (χ3v) is 2.73. The molecule has 0 aliphatic heterocycles. The van der Waals surface area contributed by atoms with Gasteiger partial charge in [-0.1, -0.05) is 18.2 Å². The van der Waals surface area contributed by atoms with E-state index >= 15 is 0 Å². The number of anilines is 2. The van der Waals surface area contributed by atoms with E-state index in [1.165, 1.54) is 6.07 Å². The highest BCUT2D eigenvalue weighted by atomic mass is 19.1. The lowest BCUT2D eigenvalue weighted by atomic mass is 10.1. The maximum Gasteiger partial charge on any atom is 0.224 e. The quantitative estimate of drug-likeness (QED) is 0.850. The van der Waals surface area contributed by atoms with Gasteiger partial charge in [0.15, 0.2) is 0 Å². The second-order valence-electron chi connectivity index (χ2n) is 4.83. The molecule has 1 aromatic carbocycles. The summed E-state index contributed by atoms with van der Waals surface area (Å²) < 4.78 is 13.5. The first kappa shape index (κ1) is 14.2. The van der Waals surface area contributed by atoms with Crippen LogP contribution in [0.25, 0.3) is 0 Å². The van der Waals surface area contributed by atoms with Crippen LogP contribution in [-0.2, 0) is 6.42 Å². The summed E-state index contributed by atoms with van der Waals surface area (Å²) in [6.45, 7) is 4.68. The van der Waals surface area contributed by atoms with Gasteiger partial charge in [0.25, 0.3) is 0 Å². The summed E-state index contributed by atoms with van der Waals surface area (Å²) >= 11 is 0. The molecule has 0 radical (unpaired) electrons. The van der Waals surface area contributed by atoms with Gasteiger partial charge in [0, 0.05) is 18.8 Å². The molecule has 0 unspecified atom stereocenters. The van der Waals surface area contributed by atoms with Crippen molar-refractivity contribution in [3.05, 3.63) is 47.9 Å². The minimum absolute atomic E-state index is 0.167. The molecule has 2 aromatic rings. The maximum atomic E-state index is 13.5. The van der Waals surface area contributed by atoms with E-state index < -0.39 is 0 Å². The normalized spacial score (nSPS) is 10.6. The van der Waals surface area contributed by atoms with E-state index in [1.807, 2.05) is 19.9 Å². The average Bonchev–Trinajstić information content (AvgIpc) is 2.41. The van der Waals surface area contributed by atoms with Gasteiger partial charge in [-0.05, 0) is 38.0 Å². The second kappa shape index (κ2) is 6.84. The van der Waals surface area contributed by atoms with Crippen LogP contribution in [-0.4, -0.2) is 22.6 Å². The van der Waals surface area contributed by atoms with Crippen LogP contribution < -0.4 is 10.6 Å². The summed E-state index contributed by atoms with van der Waals surface area (Å²) in [5.41, 5.74) is 0.703. The highest BCUT2D eigenvalue weighted by molar-refractivity contribution is 5.40. The Morgan fingerprint density at radius 2 is 2.00 bits per heavy atom. The summed E-state index contributed by atoms with van der Waals surface area (Å²) in [7, 11) is 0. The standard InChI is InChI=1S/C15H19FN4/c1-11(2)19-15-18-10-8-14(20-15)17-9-7-12-5-3-4-6-13(12)16/h3-6,8,10-11H,7,9H2,1-2H3,(H2,17,18,19,20). The number of nitrogens with one attached hydrogen (secondary N) is 2. The first-order chi connectivity index (χ1) is 9.65. The van der Waals surface area contributed by atoms with Crippen LogP contribution in [0.5, 0.6) is 0 Å². The number of rotatable bonds is 6. The molecule has 106 valence electrons. The van der Waals surface area contributed by atoms with E-state index in [0.29, 0.717) is 24.5 Å². The number of hydrogen-bond donors (Lipinski definition) is 2. The van der Waals surface area contributed by atoms with Crippen molar-refractivity contribution in [2.75, 3.05) is 17.2 Å². The van der Waals surface area contributed by atoms with Crippen LogP contribution in [0.3, 0.4) is 0 Å². The van der Waals surface area contributed by atoms with Gasteiger partial charge in [-0.3, -0.25) is 0 Å². The molecule has 0 aliphatic carbocycles. The predicted molar refractivity (Wildman–Crippen MR) is 79.4 cm³/mol. The van der Waals surface area contributed by atoms with Gasteiger partial charge in [0.05, 0.1) is 0 Å². The van der Waals surface area contributed by atoms with Crippen LogP contribution in [0.2, 0.25) is 0 Å². The Morgan fingerprint density at radius 3 is 2.75 bits per heavy atom. The first-order valence-electron chi connectivity index (χ1n) is 6.72. The van der Waals surface area contributed by atoms with Crippen molar-refractivity contribution in [1.82, 2.24) is 9.97 Å². The van der Waals surface area contributed by atoms with Crippen molar-refractivity contribution in [1.29, 1.82) is 0 Å². The first-order valence-corrected chi connectivity index (χ1v) is 6.72. The van der Waals surface area contributed by atoms with Gasteiger partial charge in [0.2, 0.25) is 5.95 Å². The Balaban J connectivity index is 1.89. The lowest BCUT2D eigenvalue weighted by molar-refractivity contribution is 0.610. The van der Waals surface area contributed by atoms with E-state index in [0.717, 1.165) is 5.82 Å². The largest absolute Gasteiger partial charge is 0.370 e. The zero-order chi connectivity index (χ0) is 14.4. The summed E-state index contributed by atoms with van der Waals surface area (Å²) in [4.78, 5) is 8.48. The molecule has 1 aromatic heterocycles. The minimum atomic E-state index is -0.167. The van der Waals surface area contributed by atoms with Crippen LogP contribution >= 0.6 is 0 Å². The van der Waals surface area contributed by atoms with Gasteiger partial charge in [-0.2, -0.15) is 4.98 Å². The van der Waals surface area contributed by atoms with Gasteiger partial charge in [-0.25, -0.2) is 9.37 Å². The molecule has 0 amide bonds. The zero-order valence-electron chi connectivity index (χ0n) is 11.7. The summed E-state index contributed by atoms with van der Waals surface area (Å²) in [6.07, 6.45) is 2.31. The fourth-order valence-electron chi connectivity index (χ4n) is 1.81. The van der Waals surface area contributed by atoms with Crippen molar-refractivity contribution in [2.45, 2.75) is 26.3 Å². The molecule has 0 aliphatic rings. The fraction of sp³-hybridized carbons (Fsp3) is 0.333. The van der Waals surface area contributed by atoms with E-state index in [1.54, 1.807) is 24.4 Å². The molecule has 0 saturated heterocycles. The number of nitrogens with zero attached hydrogens (tertiary/aromatic N) is 2. The van der Waals surface area contributed by atoms with Crippen LogP contribution in [0, 0.1) is 5.82 Å². The molecule has 0 spiro atoms. The van der Waals surface area contributed by atoms with Crippen molar-refractivity contribution >= 4 is 11.8 Å². The summed E-state index contributed by atoms with van der Waals surface area (Å²) in [6, 6.07) is 8.89. The van der Waals surface area contributed by atoms with Gasteiger partial charge < -0.3 is 10.6 Å². The van der Waals surface area contributed by atoms with Gasteiger partial charge >= 0.3 is 0 Å². The molecular weight excluding hydrogens is 255 g/mol. The molecule has 20 heavy (non-hydrogen) atoms. The number of aromatic nitrogens is 2. The van der Waals surface area contributed by atoms with Crippen molar-refractivity contribution in [2.24, 2.45) is 0 Å². The third-order valence-electron chi connectivity index (χ3n) is 2.73. The lowest BCUT2D eigenvalue weighted by Gasteiger charge is -2.10. The van der Waals surface area contributed by atoms with Crippen LogP contribution in [0.4, 0.5) is 16.2 Å². The Bertz CT molecular complexity index is 557. The Morgan fingerprint density at radius 1 is 1.20 bits per heavy atom. The zero-order valence-corrected chi connectivity index (χ0v) is 11.7. The molecule has 4 nitrogen and oxygen atoms in total. The van der Waals surface area contributed by atoms with E-state index in [2.05, 4.69) is 20.6 Å². The molecule has 2 N–H and O–H groups in total. The number of benzene rings is 1. The summed E-state index contributed by atoms with van der Waals surface area (Å²) in [5.74, 6) is 1.16. The van der Waals surface area contributed by atoms with E-state index in [9.17, 15) is 4.39 Å². The minimum Gasteiger partial charge on any atom is -0.370 e. The topological polar surface area (TPSA) is 49.8 Å². The second-order valence-corrected chi connectivity index (χ2v) is 4.83. The lowest BCUT2D eigenvalue weighted by Crippen LogP contribution is -2.14. The van der Waals surface area contributed by atoms with Crippen LogP contribution in [0.1, 0.15) is 19.4 Å².